The Bertz CT molecular complexity index is 1040. The molecule has 2 atom stereocenters. The van der Waals surface area contributed by atoms with E-state index in [1.54, 1.807) is 12.1 Å². The zero-order valence-electron chi connectivity index (χ0n) is 14.5. The summed E-state index contributed by atoms with van der Waals surface area (Å²) < 4.78 is 8.00. The number of ether oxygens (including phenoxy) is 1. The second-order valence-electron chi connectivity index (χ2n) is 6.99. The summed E-state index contributed by atoms with van der Waals surface area (Å²) in [4.78, 5) is 29.4. The number of aromatic nitrogens is 3. The number of benzene rings is 1. The summed E-state index contributed by atoms with van der Waals surface area (Å²) in [5.41, 5.74) is 1.58. The van der Waals surface area contributed by atoms with Crippen molar-refractivity contribution in [2.45, 2.75) is 30.8 Å². The lowest BCUT2D eigenvalue weighted by atomic mass is 10.1. The fraction of sp³-hybridized carbons (Fsp3) is 0.368. The molecule has 3 aromatic rings. The summed E-state index contributed by atoms with van der Waals surface area (Å²) in [7, 11) is 0. The molecule has 1 aromatic carbocycles. The molecule has 2 fully saturated rings. The Morgan fingerprint density at radius 1 is 1.19 bits per heavy atom. The van der Waals surface area contributed by atoms with Gasteiger partial charge in [0.05, 0.1) is 35.2 Å². The van der Waals surface area contributed by atoms with Crippen LogP contribution in [0.2, 0.25) is 0 Å². The Balaban J connectivity index is 1.39. The third-order valence-electron chi connectivity index (χ3n) is 5.01. The summed E-state index contributed by atoms with van der Waals surface area (Å²) >= 11 is 1.36. The van der Waals surface area contributed by atoms with Crippen LogP contribution in [-0.4, -0.2) is 39.9 Å². The van der Waals surface area contributed by atoms with Crippen LogP contribution in [0, 0.1) is 0 Å². The number of rotatable bonds is 4. The zero-order valence-corrected chi connectivity index (χ0v) is 15.3. The van der Waals surface area contributed by atoms with E-state index in [1.165, 1.54) is 16.0 Å². The number of fused-ring (bicyclic) bond motifs is 1. The van der Waals surface area contributed by atoms with Crippen LogP contribution in [0.25, 0.3) is 10.2 Å². The lowest BCUT2D eigenvalue weighted by Crippen LogP contribution is -2.44. The van der Waals surface area contributed by atoms with E-state index in [1.807, 2.05) is 24.3 Å². The SMILES string of the molecule is O=C(NC1COCC1n1nc(C2CC2)ccc1=O)c1nc2ccccc2s1. The van der Waals surface area contributed by atoms with Crippen LogP contribution in [0.15, 0.2) is 41.2 Å². The molecule has 3 heterocycles. The number of hydrogen-bond donors (Lipinski definition) is 1. The van der Waals surface area contributed by atoms with Crippen LogP contribution in [0.1, 0.15) is 40.3 Å². The molecule has 1 saturated heterocycles. The first-order chi connectivity index (χ1) is 13.2. The van der Waals surface area contributed by atoms with Crippen LogP contribution >= 0.6 is 11.3 Å². The maximum atomic E-state index is 12.7. The standard InChI is InChI=1S/C19H18N4O3S/c24-17-8-7-12(11-5-6-11)22-23(17)15-10-26-9-14(15)20-18(25)19-21-13-3-1-2-4-16(13)27-19/h1-4,7-8,11,14-15H,5-6,9-10H2,(H,20,25). The fourth-order valence-corrected chi connectivity index (χ4v) is 4.26. The molecule has 5 rings (SSSR count). The molecule has 7 nitrogen and oxygen atoms in total. The van der Waals surface area contributed by atoms with Crippen molar-refractivity contribution in [3.8, 4) is 0 Å². The third-order valence-corrected chi connectivity index (χ3v) is 6.05. The molecule has 2 unspecified atom stereocenters. The third kappa shape index (κ3) is 3.15. The van der Waals surface area contributed by atoms with Crippen molar-refractivity contribution in [2.75, 3.05) is 13.2 Å². The van der Waals surface area contributed by atoms with E-state index in [0.717, 1.165) is 28.8 Å². The molecule has 138 valence electrons. The van der Waals surface area contributed by atoms with Crippen LogP contribution in [0.3, 0.4) is 0 Å². The van der Waals surface area contributed by atoms with E-state index in [9.17, 15) is 9.59 Å². The minimum Gasteiger partial charge on any atom is -0.377 e. The number of para-hydroxylation sites is 1. The largest absolute Gasteiger partial charge is 0.377 e. The minimum atomic E-state index is -0.316. The Morgan fingerprint density at radius 2 is 2.04 bits per heavy atom. The van der Waals surface area contributed by atoms with Gasteiger partial charge in [-0.15, -0.1) is 11.3 Å². The van der Waals surface area contributed by atoms with Crippen molar-refractivity contribution in [2.24, 2.45) is 0 Å². The van der Waals surface area contributed by atoms with Gasteiger partial charge in [0.25, 0.3) is 11.5 Å². The topological polar surface area (TPSA) is 86.1 Å². The average Bonchev–Trinajstić information content (AvgIpc) is 3.27. The number of carbonyl (C=O) groups excluding carboxylic acids is 1. The van der Waals surface area contributed by atoms with E-state index in [0.29, 0.717) is 24.1 Å². The van der Waals surface area contributed by atoms with Gasteiger partial charge in [0.15, 0.2) is 5.01 Å². The summed E-state index contributed by atoms with van der Waals surface area (Å²) in [6.07, 6.45) is 2.23. The van der Waals surface area contributed by atoms with Gasteiger partial charge in [-0.3, -0.25) is 9.59 Å². The number of thiazole rings is 1. The van der Waals surface area contributed by atoms with Crippen LogP contribution in [-0.2, 0) is 4.74 Å². The quantitative estimate of drug-likeness (QED) is 0.747. The van der Waals surface area contributed by atoms with Gasteiger partial charge in [0.2, 0.25) is 0 Å². The summed E-state index contributed by atoms with van der Waals surface area (Å²) in [5.74, 6) is 0.207. The molecule has 0 radical (unpaired) electrons. The highest BCUT2D eigenvalue weighted by molar-refractivity contribution is 7.20. The number of amides is 1. The Labute approximate surface area is 159 Å². The molecule has 1 aliphatic heterocycles. The van der Waals surface area contributed by atoms with Crippen molar-refractivity contribution >= 4 is 27.5 Å². The number of nitrogens with zero attached hydrogens (tertiary/aromatic N) is 3. The monoisotopic (exact) mass is 382 g/mol. The van der Waals surface area contributed by atoms with Crippen molar-refractivity contribution in [3.05, 3.63) is 57.5 Å². The highest BCUT2D eigenvalue weighted by Gasteiger charge is 2.34. The van der Waals surface area contributed by atoms with Crippen molar-refractivity contribution in [1.82, 2.24) is 20.1 Å². The van der Waals surface area contributed by atoms with E-state index >= 15 is 0 Å². The lowest BCUT2D eigenvalue weighted by molar-refractivity contribution is 0.0924. The minimum absolute atomic E-state index is 0.172. The molecule has 2 aliphatic rings. The Morgan fingerprint density at radius 3 is 2.85 bits per heavy atom. The van der Waals surface area contributed by atoms with Crippen molar-refractivity contribution < 1.29 is 9.53 Å². The second kappa shape index (κ2) is 6.54. The summed E-state index contributed by atoms with van der Waals surface area (Å²) in [5, 5.41) is 7.93. The molecular formula is C19H18N4O3S. The molecule has 1 N–H and O–H groups in total. The molecule has 1 aliphatic carbocycles. The van der Waals surface area contributed by atoms with E-state index in [-0.39, 0.29) is 23.6 Å². The Hall–Kier alpha value is -2.58. The molecule has 27 heavy (non-hydrogen) atoms. The normalized spacial score (nSPS) is 22.2. The van der Waals surface area contributed by atoms with Crippen LogP contribution < -0.4 is 10.9 Å². The van der Waals surface area contributed by atoms with Crippen molar-refractivity contribution in [3.63, 3.8) is 0 Å². The highest BCUT2D eigenvalue weighted by Crippen LogP contribution is 2.38. The van der Waals surface area contributed by atoms with Gasteiger partial charge < -0.3 is 10.1 Å². The van der Waals surface area contributed by atoms with E-state index in [2.05, 4.69) is 15.4 Å². The lowest BCUT2D eigenvalue weighted by Gasteiger charge is -2.20. The molecular weight excluding hydrogens is 364 g/mol. The average molecular weight is 382 g/mol. The molecule has 0 bridgehead atoms. The molecule has 1 amide bonds. The fourth-order valence-electron chi connectivity index (χ4n) is 3.40. The van der Waals surface area contributed by atoms with E-state index < -0.39 is 0 Å². The summed E-state index contributed by atoms with van der Waals surface area (Å²) in [6.45, 7) is 0.703. The molecule has 8 heteroatoms. The number of nitrogens with one attached hydrogen (secondary N) is 1. The van der Waals surface area contributed by atoms with Gasteiger partial charge in [-0.2, -0.15) is 5.10 Å². The predicted octanol–water partition coefficient (Wildman–Crippen LogP) is 2.10. The van der Waals surface area contributed by atoms with Gasteiger partial charge in [-0.1, -0.05) is 12.1 Å². The molecule has 0 spiro atoms. The second-order valence-corrected chi connectivity index (χ2v) is 8.02. The number of carbonyl (C=O) groups is 1. The van der Waals surface area contributed by atoms with Gasteiger partial charge in [-0.05, 0) is 31.0 Å². The van der Waals surface area contributed by atoms with Crippen LogP contribution in [0.5, 0.6) is 0 Å². The van der Waals surface area contributed by atoms with Gasteiger partial charge in [0, 0.05) is 12.0 Å². The van der Waals surface area contributed by atoms with Crippen LogP contribution in [0.4, 0.5) is 0 Å². The molecule has 1 saturated carbocycles. The number of hydrogen-bond acceptors (Lipinski definition) is 6. The first kappa shape index (κ1) is 16.6. The smallest absolute Gasteiger partial charge is 0.280 e. The first-order valence-corrected chi connectivity index (χ1v) is 9.84. The van der Waals surface area contributed by atoms with Gasteiger partial charge in [0.1, 0.15) is 6.04 Å². The summed E-state index contributed by atoms with van der Waals surface area (Å²) in [6, 6.07) is 10.4. The Kier molecular flexibility index (Phi) is 4.02. The first-order valence-electron chi connectivity index (χ1n) is 9.03. The zero-order chi connectivity index (χ0) is 18.4. The maximum Gasteiger partial charge on any atom is 0.280 e. The highest BCUT2D eigenvalue weighted by atomic mass is 32.1. The van der Waals surface area contributed by atoms with Gasteiger partial charge in [-0.25, -0.2) is 9.67 Å². The molecule has 2 aromatic heterocycles. The van der Waals surface area contributed by atoms with E-state index in [4.69, 9.17) is 4.74 Å². The maximum absolute atomic E-state index is 12.7. The predicted molar refractivity (Wildman–Crippen MR) is 101 cm³/mol. The van der Waals surface area contributed by atoms with Gasteiger partial charge >= 0.3 is 0 Å². The van der Waals surface area contributed by atoms with Crippen molar-refractivity contribution in [1.29, 1.82) is 0 Å².